The zero-order valence-corrected chi connectivity index (χ0v) is 11.0. The molecule has 1 N–H and O–H groups in total. The molecular formula is C9H5F5INO3. The number of carboxylic acids is 1. The Morgan fingerprint density at radius 3 is 2.47 bits per heavy atom. The molecule has 0 radical (unpaired) electrons. The maximum Gasteiger partial charge on any atom is 0.573 e. The van der Waals surface area contributed by atoms with Crippen LogP contribution in [0.3, 0.4) is 0 Å². The van der Waals surface area contributed by atoms with E-state index in [4.69, 9.17) is 5.11 Å². The van der Waals surface area contributed by atoms with Crippen molar-refractivity contribution in [3.63, 3.8) is 0 Å². The molecule has 1 rings (SSSR count). The van der Waals surface area contributed by atoms with Gasteiger partial charge in [-0.3, -0.25) is 9.78 Å². The minimum atomic E-state index is -5.13. The van der Waals surface area contributed by atoms with Crippen LogP contribution in [0.1, 0.15) is 17.7 Å². The second-order valence-electron chi connectivity index (χ2n) is 3.22. The first-order valence-electron chi connectivity index (χ1n) is 4.54. The van der Waals surface area contributed by atoms with Crippen molar-refractivity contribution in [1.82, 2.24) is 4.98 Å². The molecule has 0 aromatic carbocycles. The van der Waals surface area contributed by atoms with Crippen LogP contribution < -0.4 is 4.74 Å². The van der Waals surface area contributed by atoms with Gasteiger partial charge in [-0.1, -0.05) is 0 Å². The number of alkyl halides is 5. The number of ether oxygens (including phenoxy) is 1. The molecule has 0 spiro atoms. The minimum Gasteiger partial charge on any atom is -0.481 e. The molecule has 1 aromatic rings. The zero-order chi connectivity index (χ0) is 14.8. The molecule has 0 saturated heterocycles. The normalized spacial score (nSPS) is 11.7. The van der Waals surface area contributed by atoms with E-state index in [9.17, 15) is 26.7 Å². The highest BCUT2D eigenvalue weighted by molar-refractivity contribution is 14.1. The van der Waals surface area contributed by atoms with Crippen molar-refractivity contribution in [2.45, 2.75) is 19.2 Å². The van der Waals surface area contributed by atoms with Gasteiger partial charge in [-0.05, 0) is 22.6 Å². The highest BCUT2D eigenvalue weighted by atomic mass is 127. The Morgan fingerprint density at radius 2 is 2.05 bits per heavy atom. The number of halogens is 6. The van der Waals surface area contributed by atoms with Crippen molar-refractivity contribution in [2.24, 2.45) is 0 Å². The number of rotatable bonds is 4. The second-order valence-corrected chi connectivity index (χ2v) is 4.30. The van der Waals surface area contributed by atoms with Gasteiger partial charge in [0.05, 0.1) is 21.2 Å². The first-order valence-corrected chi connectivity index (χ1v) is 5.62. The molecule has 0 aliphatic heterocycles. The van der Waals surface area contributed by atoms with Crippen molar-refractivity contribution < 1.29 is 36.6 Å². The Hall–Kier alpha value is -1.20. The maximum atomic E-state index is 12.5. The Labute approximate surface area is 116 Å². The third-order valence-electron chi connectivity index (χ3n) is 1.85. The van der Waals surface area contributed by atoms with Crippen molar-refractivity contribution in [3.05, 3.63) is 21.0 Å². The van der Waals surface area contributed by atoms with Crippen LogP contribution in [0.2, 0.25) is 0 Å². The number of carbonyl (C=O) groups is 1. The van der Waals surface area contributed by atoms with Gasteiger partial charge in [0.25, 0.3) is 6.43 Å². The van der Waals surface area contributed by atoms with E-state index in [1.165, 1.54) is 22.6 Å². The average molecular weight is 397 g/mol. The third-order valence-corrected chi connectivity index (χ3v) is 2.96. The number of hydrogen-bond acceptors (Lipinski definition) is 3. The van der Waals surface area contributed by atoms with Gasteiger partial charge in [0.15, 0.2) is 5.75 Å². The lowest BCUT2D eigenvalue weighted by molar-refractivity contribution is -0.275. The smallest absolute Gasteiger partial charge is 0.481 e. The van der Waals surface area contributed by atoms with Crippen LogP contribution in [0.25, 0.3) is 0 Å². The van der Waals surface area contributed by atoms with Crippen molar-refractivity contribution in [3.8, 4) is 5.75 Å². The van der Waals surface area contributed by atoms with E-state index in [2.05, 4.69) is 9.72 Å². The fraction of sp³-hybridized carbons (Fsp3) is 0.333. The van der Waals surface area contributed by atoms with Gasteiger partial charge in [0.1, 0.15) is 0 Å². The molecule has 0 amide bonds. The monoisotopic (exact) mass is 397 g/mol. The van der Waals surface area contributed by atoms with Crippen molar-refractivity contribution in [2.75, 3.05) is 0 Å². The molecule has 0 atom stereocenters. The molecule has 0 bridgehead atoms. The van der Waals surface area contributed by atoms with Crippen LogP contribution in [-0.2, 0) is 11.2 Å². The summed E-state index contributed by atoms with van der Waals surface area (Å²) in [5.41, 5.74) is -1.33. The third kappa shape index (κ3) is 4.44. The fourth-order valence-corrected chi connectivity index (χ4v) is 1.96. The molecule has 1 aromatic heterocycles. The predicted molar refractivity (Wildman–Crippen MR) is 59.9 cm³/mol. The molecule has 0 aliphatic rings. The van der Waals surface area contributed by atoms with E-state index in [1.54, 1.807) is 0 Å². The number of hydrogen-bond donors (Lipinski definition) is 1. The van der Waals surface area contributed by atoms with Crippen LogP contribution in [0.15, 0.2) is 6.20 Å². The molecule has 10 heteroatoms. The van der Waals surface area contributed by atoms with Crippen LogP contribution in [0.4, 0.5) is 22.0 Å². The quantitative estimate of drug-likeness (QED) is 0.627. The lowest BCUT2D eigenvalue weighted by Gasteiger charge is -2.15. The Bertz CT molecular complexity index is 491. The Morgan fingerprint density at radius 1 is 1.47 bits per heavy atom. The first kappa shape index (κ1) is 15.9. The number of pyridine rings is 1. The van der Waals surface area contributed by atoms with Crippen molar-refractivity contribution >= 4 is 28.6 Å². The predicted octanol–water partition coefficient (Wildman–Crippen LogP) is 3.15. The summed E-state index contributed by atoms with van der Waals surface area (Å²) in [5, 5.41) is 8.53. The van der Waals surface area contributed by atoms with E-state index in [-0.39, 0.29) is 0 Å². The maximum absolute atomic E-state index is 12.5. The summed E-state index contributed by atoms with van der Waals surface area (Å²) < 4.78 is 64.7. The number of carboxylic acid groups (broad SMARTS) is 1. The summed E-state index contributed by atoms with van der Waals surface area (Å²) in [5.74, 6) is -2.46. The average Bonchev–Trinajstić information content (AvgIpc) is 2.20. The molecule has 1 heterocycles. The van der Waals surface area contributed by atoms with E-state index in [0.717, 1.165) is 0 Å². The van der Waals surface area contributed by atoms with Gasteiger partial charge in [-0.25, -0.2) is 8.78 Å². The molecule has 0 saturated carbocycles. The topological polar surface area (TPSA) is 59.4 Å². The number of aromatic nitrogens is 1. The van der Waals surface area contributed by atoms with Gasteiger partial charge in [0, 0.05) is 6.20 Å². The summed E-state index contributed by atoms with van der Waals surface area (Å²) in [6.45, 7) is 0. The lowest BCUT2D eigenvalue weighted by Crippen LogP contribution is -2.20. The number of aliphatic carboxylic acids is 1. The highest BCUT2D eigenvalue weighted by Crippen LogP contribution is 2.36. The summed E-state index contributed by atoms with van der Waals surface area (Å²) in [6, 6.07) is 0. The summed E-state index contributed by atoms with van der Waals surface area (Å²) >= 11 is 1.23. The molecule has 0 fully saturated rings. The van der Waals surface area contributed by atoms with E-state index >= 15 is 0 Å². The fourth-order valence-electron chi connectivity index (χ4n) is 1.16. The highest BCUT2D eigenvalue weighted by Gasteiger charge is 2.35. The first-order chi connectivity index (χ1) is 8.61. The lowest BCUT2D eigenvalue weighted by atomic mass is 10.2. The summed E-state index contributed by atoms with van der Waals surface area (Å²) in [7, 11) is 0. The van der Waals surface area contributed by atoms with Gasteiger partial charge < -0.3 is 9.84 Å². The Kier molecular flexibility index (Phi) is 4.87. The largest absolute Gasteiger partial charge is 0.573 e. The van der Waals surface area contributed by atoms with Crippen LogP contribution in [0, 0.1) is 3.57 Å². The van der Waals surface area contributed by atoms with Gasteiger partial charge in [0.2, 0.25) is 0 Å². The zero-order valence-electron chi connectivity index (χ0n) is 8.84. The summed E-state index contributed by atoms with van der Waals surface area (Å²) in [6.07, 6.45) is -8.41. The van der Waals surface area contributed by atoms with Crippen LogP contribution in [0.5, 0.6) is 5.75 Å². The van der Waals surface area contributed by atoms with E-state index in [0.29, 0.717) is 6.20 Å². The Balaban J connectivity index is 3.32. The summed E-state index contributed by atoms with van der Waals surface area (Å²) in [4.78, 5) is 13.8. The van der Waals surface area contributed by atoms with E-state index < -0.39 is 45.8 Å². The molecule has 19 heavy (non-hydrogen) atoms. The molecule has 106 valence electrons. The van der Waals surface area contributed by atoms with Gasteiger partial charge in [-0.15, -0.1) is 13.2 Å². The van der Waals surface area contributed by atoms with E-state index in [1.807, 2.05) is 0 Å². The minimum absolute atomic E-state index is 0.517. The number of nitrogens with zero attached hydrogens (tertiary/aromatic N) is 1. The van der Waals surface area contributed by atoms with Gasteiger partial charge >= 0.3 is 12.3 Å². The van der Waals surface area contributed by atoms with Gasteiger partial charge in [-0.2, -0.15) is 0 Å². The van der Waals surface area contributed by atoms with Crippen molar-refractivity contribution in [1.29, 1.82) is 0 Å². The molecule has 0 aliphatic carbocycles. The molecular weight excluding hydrogens is 392 g/mol. The van der Waals surface area contributed by atoms with Crippen LogP contribution in [-0.4, -0.2) is 22.4 Å². The molecule has 4 nitrogen and oxygen atoms in total. The SMILES string of the molecule is O=C(O)Cc1ncc(C(F)F)c(I)c1OC(F)(F)F. The van der Waals surface area contributed by atoms with Crippen LogP contribution >= 0.6 is 22.6 Å². The molecule has 0 unspecified atom stereocenters. The second kappa shape index (κ2) is 5.84. The standard InChI is InChI=1S/C9H5F5INO3/c10-8(11)3-2-16-4(1-5(17)18)7(6(3)15)19-9(12,13)14/h2,8H,1H2,(H,17,18).